The highest BCUT2D eigenvalue weighted by Crippen LogP contribution is 2.10. The maximum Gasteiger partial charge on any atom is 0.341 e. The zero-order valence-electron chi connectivity index (χ0n) is 12.7. The van der Waals surface area contributed by atoms with E-state index in [9.17, 15) is 9.59 Å². The Labute approximate surface area is 124 Å². The number of methoxy groups -OCH3 is 1. The first-order valence-electron chi connectivity index (χ1n) is 6.38. The Hall–Kier alpha value is -2.61. The van der Waals surface area contributed by atoms with E-state index in [2.05, 4.69) is 4.74 Å². The van der Waals surface area contributed by atoms with Gasteiger partial charge in [0, 0.05) is 0 Å². The fraction of sp³-hybridized carbons (Fsp3) is 0.312. The van der Waals surface area contributed by atoms with Crippen molar-refractivity contribution in [3.8, 4) is 11.8 Å². The molecule has 1 aromatic rings. The van der Waals surface area contributed by atoms with Crippen molar-refractivity contribution in [1.29, 1.82) is 5.26 Å². The lowest BCUT2D eigenvalue weighted by Gasteiger charge is -2.01. The summed E-state index contributed by atoms with van der Waals surface area (Å²) in [5.74, 6) is -0.0764. The van der Waals surface area contributed by atoms with E-state index < -0.39 is 5.97 Å². The summed E-state index contributed by atoms with van der Waals surface area (Å²) in [5.41, 5.74) is 0.742. The molecule has 0 bridgehead atoms. The standard InChI is InChI=1S/C8H7NO.C8H12O3/c1-10-8-4-2-3-7(5-8)6-9;1-4-7(6(3)9)8(10)11-5-2/h2-5H,1H3;4H,5H2,1-3H3/b;7-4-. The summed E-state index contributed by atoms with van der Waals surface area (Å²) in [7, 11) is 1.58. The summed E-state index contributed by atoms with van der Waals surface area (Å²) in [6.07, 6.45) is 1.46. The Morgan fingerprint density at radius 3 is 2.48 bits per heavy atom. The molecule has 0 unspecified atom stereocenters. The molecule has 1 rings (SSSR count). The molecular formula is C16H19NO4. The molecular weight excluding hydrogens is 270 g/mol. The van der Waals surface area contributed by atoms with E-state index in [-0.39, 0.29) is 11.4 Å². The number of benzene rings is 1. The number of carbonyl (C=O) groups excluding carboxylic acids is 2. The zero-order chi connectivity index (χ0) is 16.3. The van der Waals surface area contributed by atoms with Crippen LogP contribution in [0.25, 0.3) is 0 Å². The summed E-state index contributed by atoms with van der Waals surface area (Å²) >= 11 is 0. The minimum atomic E-state index is -0.539. The average Bonchev–Trinajstić information content (AvgIpc) is 2.48. The van der Waals surface area contributed by atoms with Crippen LogP contribution in [0.4, 0.5) is 0 Å². The number of nitriles is 1. The third-order valence-electron chi connectivity index (χ3n) is 2.36. The van der Waals surface area contributed by atoms with Gasteiger partial charge in [0.15, 0.2) is 5.78 Å². The minimum Gasteiger partial charge on any atom is -0.497 e. The second-order valence-electron chi connectivity index (χ2n) is 3.82. The van der Waals surface area contributed by atoms with Gasteiger partial charge >= 0.3 is 5.97 Å². The normalized spacial score (nSPS) is 9.76. The number of carbonyl (C=O) groups is 2. The molecule has 0 heterocycles. The molecule has 0 aliphatic heterocycles. The fourth-order valence-corrected chi connectivity index (χ4v) is 1.37. The lowest BCUT2D eigenvalue weighted by atomic mass is 10.2. The van der Waals surface area contributed by atoms with E-state index in [4.69, 9.17) is 10.00 Å². The minimum absolute atomic E-state index is 0.117. The van der Waals surface area contributed by atoms with Crippen molar-refractivity contribution in [3.63, 3.8) is 0 Å². The predicted molar refractivity (Wildman–Crippen MR) is 78.8 cm³/mol. The highest BCUT2D eigenvalue weighted by Gasteiger charge is 2.13. The summed E-state index contributed by atoms with van der Waals surface area (Å²) in [6.45, 7) is 4.97. The van der Waals surface area contributed by atoms with Crippen molar-refractivity contribution in [2.75, 3.05) is 13.7 Å². The zero-order valence-corrected chi connectivity index (χ0v) is 12.7. The van der Waals surface area contributed by atoms with Crippen molar-refractivity contribution in [2.45, 2.75) is 20.8 Å². The van der Waals surface area contributed by atoms with E-state index >= 15 is 0 Å². The lowest BCUT2D eigenvalue weighted by molar-refractivity contribution is -0.139. The Balaban J connectivity index is 0.000000382. The van der Waals surface area contributed by atoms with Gasteiger partial charge in [0.1, 0.15) is 5.75 Å². The van der Waals surface area contributed by atoms with Crippen LogP contribution in [0.15, 0.2) is 35.9 Å². The molecule has 0 radical (unpaired) electrons. The SMILES string of the molecule is C/C=C(/C(C)=O)C(=O)OCC.COc1cccc(C#N)c1. The number of Topliss-reactive ketones (excluding diaryl/α,β-unsaturated/α-hetero) is 1. The molecule has 0 aliphatic carbocycles. The Bertz CT molecular complexity index is 556. The first-order chi connectivity index (χ1) is 9.99. The van der Waals surface area contributed by atoms with Crippen LogP contribution in [0.2, 0.25) is 0 Å². The van der Waals surface area contributed by atoms with Gasteiger partial charge in [0.2, 0.25) is 0 Å². The number of esters is 1. The topological polar surface area (TPSA) is 76.4 Å². The molecule has 0 fully saturated rings. The van der Waals surface area contributed by atoms with E-state index in [0.29, 0.717) is 12.2 Å². The second kappa shape index (κ2) is 10.2. The van der Waals surface area contributed by atoms with Crippen LogP contribution in [-0.2, 0) is 14.3 Å². The molecule has 112 valence electrons. The summed E-state index contributed by atoms with van der Waals surface area (Å²) in [5, 5.41) is 8.45. The molecule has 0 aliphatic rings. The van der Waals surface area contributed by atoms with Crippen LogP contribution in [0, 0.1) is 11.3 Å². The van der Waals surface area contributed by atoms with Crippen LogP contribution in [0.5, 0.6) is 5.75 Å². The van der Waals surface area contributed by atoms with Gasteiger partial charge in [-0.05, 0) is 39.0 Å². The predicted octanol–water partition coefficient (Wildman–Crippen LogP) is 2.65. The maximum absolute atomic E-state index is 10.9. The number of hydrogen-bond donors (Lipinski definition) is 0. The Kier molecular flexibility index (Phi) is 8.94. The molecule has 21 heavy (non-hydrogen) atoms. The van der Waals surface area contributed by atoms with Crippen LogP contribution in [0.1, 0.15) is 26.3 Å². The number of allylic oxidation sites excluding steroid dienone is 1. The molecule has 5 nitrogen and oxygen atoms in total. The molecule has 0 saturated heterocycles. The van der Waals surface area contributed by atoms with Crippen molar-refractivity contribution in [1.82, 2.24) is 0 Å². The smallest absolute Gasteiger partial charge is 0.341 e. The average molecular weight is 289 g/mol. The molecule has 5 heteroatoms. The van der Waals surface area contributed by atoms with Gasteiger partial charge in [-0.3, -0.25) is 4.79 Å². The highest BCUT2D eigenvalue weighted by molar-refractivity contribution is 6.16. The van der Waals surface area contributed by atoms with Gasteiger partial charge in [-0.1, -0.05) is 12.1 Å². The van der Waals surface area contributed by atoms with Crippen LogP contribution < -0.4 is 4.74 Å². The Morgan fingerprint density at radius 2 is 2.05 bits per heavy atom. The van der Waals surface area contributed by atoms with Crippen molar-refractivity contribution in [2.24, 2.45) is 0 Å². The molecule has 0 aromatic heterocycles. The van der Waals surface area contributed by atoms with E-state index in [1.54, 1.807) is 45.2 Å². The second-order valence-corrected chi connectivity index (χ2v) is 3.82. The third kappa shape index (κ3) is 6.92. The van der Waals surface area contributed by atoms with Gasteiger partial charge < -0.3 is 9.47 Å². The van der Waals surface area contributed by atoms with E-state index in [1.807, 2.05) is 6.07 Å². The van der Waals surface area contributed by atoms with E-state index in [1.165, 1.54) is 13.0 Å². The van der Waals surface area contributed by atoms with Gasteiger partial charge in [-0.15, -0.1) is 0 Å². The van der Waals surface area contributed by atoms with Gasteiger partial charge in [0.25, 0.3) is 0 Å². The number of ketones is 1. The highest BCUT2D eigenvalue weighted by atomic mass is 16.5. The molecule has 0 amide bonds. The first-order valence-corrected chi connectivity index (χ1v) is 6.38. The van der Waals surface area contributed by atoms with Crippen LogP contribution in [-0.4, -0.2) is 25.5 Å². The maximum atomic E-state index is 10.9. The monoisotopic (exact) mass is 289 g/mol. The molecule has 0 atom stereocenters. The van der Waals surface area contributed by atoms with Crippen LogP contribution >= 0.6 is 0 Å². The molecule has 1 aromatic carbocycles. The third-order valence-corrected chi connectivity index (χ3v) is 2.36. The molecule has 0 spiro atoms. The lowest BCUT2D eigenvalue weighted by Crippen LogP contribution is -2.13. The van der Waals surface area contributed by atoms with Crippen molar-refractivity contribution >= 4 is 11.8 Å². The number of hydrogen-bond acceptors (Lipinski definition) is 5. The summed E-state index contributed by atoms with van der Waals surface area (Å²) in [6, 6.07) is 9.05. The van der Waals surface area contributed by atoms with Gasteiger partial charge in [-0.25, -0.2) is 4.79 Å². The molecule has 0 N–H and O–H groups in total. The van der Waals surface area contributed by atoms with Crippen molar-refractivity contribution < 1.29 is 19.1 Å². The fourth-order valence-electron chi connectivity index (χ4n) is 1.37. The number of ether oxygens (including phenoxy) is 2. The molecule has 0 saturated carbocycles. The number of nitrogens with zero attached hydrogens (tertiary/aromatic N) is 1. The first kappa shape index (κ1) is 18.4. The van der Waals surface area contributed by atoms with Crippen LogP contribution in [0.3, 0.4) is 0 Å². The quantitative estimate of drug-likeness (QED) is 0.368. The Morgan fingerprint density at radius 1 is 1.38 bits per heavy atom. The van der Waals surface area contributed by atoms with Gasteiger partial charge in [0.05, 0.1) is 30.9 Å². The van der Waals surface area contributed by atoms with Gasteiger partial charge in [-0.2, -0.15) is 5.26 Å². The summed E-state index contributed by atoms with van der Waals surface area (Å²) < 4.78 is 9.53. The van der Waals surface area contributed by atoms with E-state index in [0.717, 1.165) is 5.75 Å². The van der Waals surface area contributed by atoms with Crippen molar-refractivity contribution in [3.05, 3.63) is 41.5 Å². The summed E-state index contributed by atoms with van der Waals surface area (Å²) in [4.78, 5) is 21.6. The number of rotatable bonds is 4. The largest absolute Gasteiger partial charge is 0.497 e.